The Labute approximate surface area is 231 Å². The molecule has 1 heterocycles. The zero-order valence-electron chi connectivity index (χ0n) is 23.9. The van der Waals surface area contributed by atoms with Crippen LogP contribution in [0.15, 0.2) is 85.5 Å². The lowest BCUT2D eigenvalue weighted by molar-refractivity contribution is -0.158. The van der Waals surface area contributed by atoms with Gasteiger partial charge < -0.3 is 15.1 Å². The molecule has 1 aliphatic rings. The van der Waals surface area contributed by atoms with Crippen LogP contribution in [0.4, 0.5) is 0 Å². The molecule has 2 aromatic rings. The van der Waals surface area contributed by atoms with E-state index in [1.165, 1.54) is 23.2 Å². The summed E-state index contributed by atoms with van der Waals surface area (Å²) in [4.78, 5) is 8.53. The summed E-state index contributed by atoms with van der Waals surface area (Å²) in [7, 11) is 0. The zero-order chi connectivity index (χ0) is 27.8. The molecule has 2 aromatic carbocycles. The summed E-state index contributed by atoms with van der Waals surface area (Å²) in [5.41, 5.74) is 5.54. The molecule has 5 nitrogen and oxygen atoms in total. The highest BCUT2D eigenvalue weighted by Gasteiger charge is 2.24. The molecule has 0 bridgehead atoms. The number of nitrogens with zero attached hydrogens (tertiary/aromatic N) is 3. The summed E-state index contributed by atoms with van der Waals surface area (Å²) in [6.07, 6.45) is 10.3. The standard InChI is InChI=1S/C26H33N3O.C7H13N/c1-4-26(18-23-11-7-5-8-12-23)29(22(3)30-28-15-9-6-10-16-28)20-25-17-24(19-27)14-13-21(25)2;1-4-7(5-2)8-6-3/h5,7-8,11-14,17,26H,3-4,6,9-10,15-16,18,20H2,1-2H3;4,6,8H,3,5H2,1-2H3/b;7-4-/t26-;/m0./s1. The van der Waals surface area contributed by atoms with Gasteiger partial charge in [0.15, 0.2) is 0 Å². The van der Waals surface area contributed by atoms with Gasteiger partial charge in [-0.2, -0.15) is 5.26 Å². The van der Waals surface area contributed by atoms with Crippen molar-refractivity contribution in [1.82, 2.24) is 15.3 Å². The Morgan fingerprint density at radius 3 is 2.42 bits per heavy atom. The molecule has 5 heteroatoms. The van der Waals surface area contributed by atoms with Crippen molar-refractivity contribution in [3.63, 3.8) is 0 Å². The van der Waals surface area contributed by atoms with Gasteiger partial charge in [0.25, 0.3) is 0 Å². The van der Waals surface area contributed by atoms with Gasteiger partial charge in [0.1, 0.15) is 0 Å². The maximum absolute atomic E-state index is 9.35. The van der Waals surface area contributed by atoms with Crippen LogP contribution < -0.4 is 5.32 Å². The summed E-state index contributed by atoms with van der Waals surface area (Å²) < 4.78 is 0. The number of rotatable bonds is 12. The minimum atomic E-state index is 0.259. The summed E-state index contributed by atoms with van der Waals surface area (Å²) in [6.45, 7) is 18.9. The Balaban J connectivity index is 0.000000550. The lowest BCUT2D eigenvalue weighted by Gasteiger charge is -2.37. The molecule has 3 rings (SSSR count). The Kier molecular flexibility index (Phi) is 13.8. The monoisotopic (exact) mass is 514 g/mol. The molecule has 0 aromatic heterocycles. The van der Waals surface area contributed by atoms with Crippen LogP contribution in [0.25, 0.3) is 0 Å². The third-order valence-electron chi connectivity index (χ3n) is 6.93. The molecule has 0 radical (unpaired) electrons. The maximum Gasteiger partial charge on any atom is 0.208 e. The van der Waals surface area contributed by atoms with Crippen LogP contribution in [0.2, 0.25) is 0 Å². The van der Waals surface area contributed by atoms with Gasteiger partial charge in [0.2, 0.25) is 5.88 Å². The molecule has 38 heavy (non-hydrogen) atoms. The molecule has 1 N–H and O–H groups in total. The average molecular weight is 515 g/mol. The first-order valence-corrected chi connectivity index (χ1v) is 13.9. The van der Waals surface area contributed by atoms with Gasteiger partial charge in [0, 0.05) is 31.4 Å². The first-order valence-electron chi connectivity index (χ1n) is 13.9. The Morgan fingerprint density at radius 2 is 1.87 bits per heavy atom. The van der Waals surface area contributed by atoms with E-state index in [-0.39, 0.29) is 6.04 Å². The van der Waals surface area contributed by atoms with Crippen molar-refractivity contribution < 1.29 is 4.84 Å². The Morgan fingerprint density at radius 1 is 1.16 bits per heavy atom. The maximum atomic E-state index is 9.35. The van der Waals surface area contributed by atoms with E-state index in [2.05, 4.69) is 80.5 Å². The number of allylic oxidation sites excluding steroid dienone is 2. The predicted molar refractivity (Wildman–Crippen MR) is 159 cm³/mol. The van der Waals surface area contributed by atoms with Crippen LogP contribution in [-0.4, -0.2) is 29.1 Å². The molecule has 0 unspecified atom stereocenters. The van der Waals surface area contributed by atoms with Crippen LogP contribution in [0.5, 0.6) is 0 Å². The fraction of sp³-hybridized carbons (Fsp3) is 0.424. The summed E-state index contributed by atoms with van der Waals surface area (Å²) in [5, 5.41) is 14.4. The van der Waals surface area contributed by atoms with E-state index in [0.29, 0.717) is 18.0 Å². The van der Waals surface area contributed by atoms with Gasteiger partial charge in [-0.1, -0.05) is 69.3 Å². The van der Waals surface area contributed by atoms with Crippen molar-refractivity contribution in [2.45, 2.75) is 78.8 Å². The molecule has 1 saturated heterocycles. The van der Waals surface area contributed by atoms with E-state index < -0.39 is 0 Å². The third kappa shape index (κ3) is 10.1. The van der Waals surface area contributed by atoms with E-state index in [1.54, 1.807) is 6.20 Å². The number of aryl methyl sites for hydroxylation is 1. The van der Waals surface area contributed by atoms with Crippen LogP contribution in [0.3, 0.4) is 0 Å². The molecule has 0 amide bonds. The second kappa shape index (κ2) is 17.1. The fourth-order valence-electron chi connectivity index (χ4n) is 4.56. The van der Waals surface area contributed by atoms with Gasteiger partial charge in [-0.15, -0.1) is 5.06 Å². The smallest absolute Gasteiger partial charge is 0.208 e. The van der Waals surface area contributed by atoms with E-state index in [0.717, 1.165) is 50.8 Å². The van der Waals surface area contributed by atoms with Crippen LogP contribution >= 0.6 is 0 Å². The van der Waals surface area contributed by atoms with Crippen LogP contribution in [-0.2, 0) is 17.8 Å². The number of hydroxylamine groups is 2. The number of hydrogen-bond acceptors (Lipinski definition) is 5. The van der Waals surface area contributed by atoms with Crippen molar-refractivity contribution in [3.05, 3.63) is 108 Å². The molecule has 0 spiro atoms. The van der Waals surface area contributed by atoms with Crippen molar-refractivity contribution >= 4 is 0 Å². The minimum Gasteiger partial charge on any atom is -0.388 e. The number of nitrogens with one attached hydrogen (secondary N) is 1. The lowest BCUT2D eigenvalue weighted by Crippen LogP contribution is -2.40. The van der Waals surface area contributed by atoms with Crippen LogP contribution in [0.1, 0.15) is 75.1 Å². The molecule has 0 saturated carbocycles. The SMILES string of the molecule is C=C(ON1CCCCC1)N(Cc1cc(C#N)ccc1C)[C@@H](CC)Cc1ccccc1.C=CN/C(=C\C)CC. The highest BCUT2D eigenvalue weighted by molar-refractivity contribution is 5.37. The van der Waals surface area contributed by atoms with Gasteiger partial charge in [-0.25, -0.2) is 0 Å². The Hall–Kier alpha value is -3.49. The van der Waals surface area contributed by atoms with E-state index in [1.807, 2.05) is 36.3 Å². The first kappa shape index (κ1) is 30.7. The molecule has 1 atom stereocenters. The highest BCUT2D eigenvalue weighted by atomic mass is 16.7. The summed E-state index contributed by atoms with van der Waals surface area (Å²) >= 11 is 0. The van der Waals surface area contributed by atoms with E-state index >= 15 is 0 Å². The quantitative estimate of drug-likeness (QED) is 0.295. The number of nitriles is 1. The number of benzene rings is 2. The largest absolute Gasteiger partial charge is 0.388 e. The normalized spacial score (nSPS) is 14.3. The molecule has 204 valence electrons. The Bertz CT molecular complexity index is 1060. The van der Waals surface area contributed by atoms with E-state index in [9.17, 15) is 5.26 Å². The predicted octanol–water partition coefficient (Wildman–Crippen LogP) is 7.61. The molecule has 1 fully saturated rings. The van der Waals surface area contributed by atoms with Gasteiger partial charge >= 0.3 is 0 Å². The third-order valence-corrected chi connectivity index (χ3v) is 6.93. The fourth-order valence-corrected chi connectivity index (χ4v) is 4.56. The molecular weight excluding hydrogens is 468 g/mol. The van der Waals surface area contributed by atoms with Gasteiger partial charge in [-0.05, 0) is 87.6 Å². The van der Waals surface area contributed by atoms with Crippen molar-refractivity contribution in [1.29, 1.82) is 5.26 Å². The molecule has 1 aliphatic heterocycles. The zero-order valence-corrected chi connectivity index (χ0v) is 23.9. The topological polar surface area (TPSA) is 51.5 Å². The highest BCUT2D eigenvalue weighted by Crippen LogP contribution is 2.24. The van der Waals surface area contributed by atoms with Gasteiger partial charge in [0.05, 0.1) is 11.6 Å². The number of hydrogen-bond donors (Lipinski definition) is 1. The minimum absolute atomic E-state index is 0.259. The second-order valence-corrected chi connectivity index (χ2v) is 9.62. The summed E-state index contributed by atoms with van der Waals surface area (Å²) in [6, 6.07) is 19.0. The molecular formula is C33H46N4O. The van der Waals surface area contributed by atoms with E-state index in [4.69, 9.17) is 4.84 Å². The van der Waals surface area contributed by atoms with Crippen molar-refractivity contribution in [2.24, 2.45) is 0 Å². The van der Waals surface area contributed by atoms with Crippen molar-refractivity contribution in [3.8, 4) is 6.07 Å². The average Bonchev–Trinajstić information content (AvgIpc) is 2.95. The second-order valence-electron chi connectivity index (χ2n) is 9.62. The molecule has 0 aliphatic carbocycles. The van der Waals surface area contributed by atoms with Crippen molar-refractivity contribution in [2.75, 3.05) is 13.1 Å². The first-order chi connectivity index (χ1) is 18.4. The lowest BCUT2D eigenvalue weighted by atomic mass is 10.00. The summed E-state index contributed by atoms with van der Waals surface area (Å²) in [5.74, 6) is 0.696. The van der Waals surface area contributed by atoms with Gasteiger partial charge in [-0.3, -0.25) is 0 Å². The van der Waals surface area contributed by atoms with Crippen LogP contribution in [0, 0.1) is 18.3 Å². The number of piperidine rings is 1.